The van der Waals surface area contributed by atoms with Gasteiger partial charge in [-0.1, -0.05) is 66.7 Å². The highest BCUT2D eigenvalue weighted by molar-refractivity contribution is 7.99. The number of rotatable bonds is 11. The zero-order valence-corrected chi connectivity index (χ0v) is 21.1. The predicted molar refractivity (Wildman–Crippen MR) is 142 cm³/mol. The first kappa shape index (κ1) is 26.1. The van der Waals surface area contributed by atoms with Gasteiger partial charge in [0.15, 0.2) is 6.61 Å². The van der Waals surface area contributed by atoms with E-state index < -0.39 is 12.6 Å². The largest absolute Gasteiger partial charge is 0.481 e. The second-order valence-corrected chi connectivity index (χ2v) is 9.15. The number of amides is 1. The zero-order valence-electron chi connectivity index (χ0n) is 20.3. The number of hydrogen-bond donors (Lipinski definition) is 1. The predicted octanol–water partition coefficient (Wildman–Crippen LogP) is 6.30. The van der Waals surface area contributed by atoms with Crippen molar-refractivity contribution in [2.75, 3.05) is 19.7 Å². The number of allylic oxidation sites excluding steroid dienone is 1. The highest BCUT2D eigenvalue weighted by atomic mass is 32.2. The van der Waals surface area contributed by atoms with Crippen LogP contribution in [0.25, 0.3) is 5.57 Å². The molecule has 0 spiro atoms. The van der Waals surface area contributed by atoms with Gasteiger partial charge in [-0.25, -0.2) is 4.79 Å². The van der Waals surface area contributed by atoms with Gasteiger partial charge in [0.1, 0.15) is 5.75 Å². The van der Waals surface area contributed by atoms with E-state index in [-0.39, 0.29) is 11.2 Å². The van der Waals surface area contributed by atoms with Gasteiger partial charge in [-0.3, -0.25) is 4.79 Å². The van der Waals surface area contributed by atoms with E-state index in [1.54, 1.807) is 22.7 Å². The van der Waals surface area contributed by atoms with Crippen LogP contribution in [0, 0.1) is 0 Å². The Morgan fingerprint density at radius 2 is 1.51 bits per heavy atom. The summed E-state index contributed by atoms with van der Waals surface area (Å²) in [5, 5.41) is 9.22. The van der Waals surface area contributed by atoms with Crippen molar-refractivity contribution in [1.82, 2.24) is 4.90 Å². The maximum atomic E-state index is 12.6. The van der Waals surface area contributed by atoms with Gasteiger partial charge in [0.25, 0.3) is 0 Å². The number of carbonyl (C=O) groups excluding carboxylic acids is 1. The van der Waals surface area contributed by atoms with Crippen molar-refractivity contribution in [3.8, 4) is 5.75 Å². The number of carbonyl (C=O) groups is 2. The molecule has 0 bridgehead atoms. The minimum absolute atomic E-state index is 0.00342. The maximum Gasteiger partial charge on any atom is 0.341 e. The smallest absolute Gasteiger partial charge is 0.341 e. The molecule has 0 fully saturated rings. The van der Waals surface area contributed by atoms with Gasteiger partial charge in [-0.2, -0.15) is 0 Å². The van der Waals surface area contributed by atoms with Crippen LogP contribution >= 0.6 is 11.8 Å². The number of likely N-dealkylation sites (N-methyl/N-ethyl adjacent to an activating group) is 1. The van der Waals surface area contributed by atoms with Crippen LogP contribution in [0.3, 0.4) is 0 Å². The summed E-state index contributed by atoms with van der Waals surface area (Å²) in [6.07, 6.45) is 1.62. The van der Waals surface area contributed by atoms with Crippen molar-refractivity contribution >= 4 is 29.2 Å². The topological polar surface area (TPSA) is 66.8 Å². The van der Waals surface area contributed by atoms with E-state index in [0.717, 1.165) is 27.2 Å². The van der Waals surface area contributed by atoms with E-state index in [4.69, 9.17) is 4.74 Å². The fourth-order valence-corrected chi connectivity index (χ4v) is 4.93. The van der Waals surface area contributed by atoms with Crippen molar-refractivity contribution < 1.29 is 19.4 Å². The Morgan fingerprint density at radius 3 is 2.03 bits per heavy atom. The lowest BCUT2D eigenvalue weighted by molar-refractivity contribution is -0.139. The van der Waals surface area contributed by atoms with E-state index in [0.29, 0.717) is 18.8 Å². The summed E-state index contributed by atoms with van der Waals surface area (Å²) in [6, 6.07) is 26.1. The van der Waals surface area contributed by atoms with Gasteiger partial charge in [0.2, 0.25) is 5.91 Å². The Balaban J connectivity index is 1.98. The lowest BCUT2D eigenvalue weighted by Crippen LogP contribution is -2.28. The van der Waals surface area contributed by atoms with Crippen LogP contribution in [0.2, 0.25) is 0 Å². The molecule has 0 radical (unpaired) electrons. The summed E-state index contributed by atoms with van der Waals surface area (Å²) < 4.78 is 5.71. The quantitative estimate of drug-likeness (QED) is 0.253. The lowest BCUT2D eigenvalue weighted by atomic mass is 10.0. The summed E-state index contributed by atoms with van der Waals surface area (Å²) in [5.74, 6) is -0.611. The molecule has 0 aromatic heterocycles. The van der Waals surface area contributed by atoms with Crippen molar-refractivity contribution in [3.05, 3.63) is 102 Å². The standard InChI is InChI=1S/C29H31NO4S/c1-4-30(5-2)27(31)18-21(3)24-16-17-26(25(19-24)34-20-28(32)33)35-29(22-12-8-6-9-13-22)23-14-10-7-11-15-23/h6-19,29H,4-5,20H2,1-3H3,(H,32,33). The normalized spacial score (nSPS) is 11.4. The minimum Gasteiger partial charge on any atom is -0.481 e. The van der Waals surface area contributed by atoms with Crippen LogP contribution in [0.5, 0.6) is 5.75 Å². The maximum absolute atomic E-state index is 12.6. The van der Waals surface area contributed by atoms with Crippen LogP contribution in [-0.4, -0.2) is 41.6 Å². The molecule has 0 heterocycles. The van der Waals surface area contributed by atoms with Crippen LogP contribution in [-0.2, 0) is 9.59 Å². The molecule has 0 atom stereocenters. The van der Waals surface area contributed by atoms with Gasteiger partial charge in [0.05, 0.1) is 10.1 Å². The van der Waals surface area contributed by atoms with Gasteiger partial charge in [-0.05, 0) is 55.2 Å². The van der Waals surface area contributed by atoms with Gasteiger partial charge >= 0.3 is 5.97 Å². The average molecular weight is 490 g/mol. The molecule has 0 aliphatic heterocycles. The lowest BCUT2D eigenvalue weighted by Gasteiger charge is -2.20. The van der Waals surface area contributed by atoms with Crippen LogP contribution in [0.15, 0.2) is 89.8 Å². The fourth-order valence-electron chi connectivity index (χ4n) is 3.71. The molecule has 0 aliphatic carbocycles. The molecule has 1 N–H and O–H groups in total. The minimum atomic E-state index is -1.04. The first-order valence-corrected chi connectivity index (χ1v) is 12.5. The number of carboxylic acid groups (broad SMARTS) is 1. The molecule has 3 aromatic rings. The fraction of sp³-hybridized carbons (Fsp3) is 0.241. The van der Waals surface area contributed by atoms with Crippen LogP contribution < -0.4 is 4.74 Å². The highest BCUT2D eigenvalue weighted by Crippen LogP contribution is 2.44. The molecule has 182 valence electrons. The van der Waals surface area contributed by atoms with E-state index in [2.05, 4.69) is 24.3 Å². The number of carboxylic acids is 1. The zero-order chi connectivity index (χ0) is 25.2. The summed E-state index contributed by atoms with van der Waals surface area (Å²) in [5.41, 5.74) is 3.88. The molecule has 35 heavy (non-hydrogen) atoms. The molecule has 0 aliphatic rings. The van der Waals surface area contributed by atoms with Gasteiger partial charge in [0, 0.05) is 19.2 Å². The molecular formula is C29H31NO4S. The summed E-state index contributed by atoms with van der Waals surface area (Å²) in [7, 11) is 0. The third kappa shape index (κ3) is 7.23. The number of ether oxygens (including phenoxy) is 1. The first-order chi connectivity index (χ1) is 16.9. The third-order valence-electron chi connectivity index (χ3n) is 5.61. The molecule has 3 rings (SSSR count). The van der Waals surface area contributed by atoms with Crippen molar-refractivity contribution in [2.45, 2.75) is 30.9 Å². The average Bonchev–Trinajstić information content (AvgIpc) is 2.88. The Kier molecular flexibility index (Phi) is 9.56. The SMILES string of the molecule is CCN(CC)C(=O)C=C(C)c1ccc(SC(c2ccccc2)c2ccccc2)c(OCC(=O)O)c1. The Hall–Kier alpha value is -3.51. The number of benzene rings is 3. The molecule has 5 nitrogen and oxygen atoms in total. The van der Waals surface area contributed by atoms with E-state index >= 15 is 0 Å². The third-order valence-corrected chi connectivity index (χ3v) is 6.99. The summed E-state index contributed by atoms with van der Waals surface area (Å²) >= 11 is 1.61. The first-order valence-electron chi connectivity index (χ1n) is 11.7. The van der Waals surface area contributed by atoms with E-state index in [1.165, 1.54) is 0 Å². The van der Waals surface area contributed by atoms with Crippen molar-refractivity contribution in [2.24, 2.45) is 0 Å². The van der Waals surface area contributed by atoms with Crippen molar-refractivity contribution in [1.29, 1.82) is 0 Å². The molecule has 0 saturated carbocycles. The molecule has 3 aromatic carbocycles. The highest BCUT2D eigenvalue weighted by Gasteiger charge is 2.19. The number of thioether (sulfide) groups is 1. The Morgan fingerprint density at radius 1 is 0.943 bits per heavy atom. The number of hydrogen-bond acceptors (Lipinski definition) is 4. The monoisotopic (exact) mass is 489 g/mol. The van der Waals surface area contributed by atoms with Crippen LogP contribution in [0.4, 0.5) is 0 Å². The van der Waals surface area contributed by atoms with E-state index in [1.807, 2.05) is 75.4 Å². The number of nitrogens with zero attached hydrogens (tertiary/aromatic N) is 1. The Labute approximate surface area is 211 Å². The second kappa shape index (κ2) is 12.8. The summed E-state index contributed by atoms with van der Waals surface area (Å²) in [6.45, 7) is 6.61. The molecule has 0 saturated heterocycles. The van der Waals surface area contributed by atoms with Gasteiger partial charge < -0.3 is 14.7 Å². The molecule has 6 heteroatoms. The molecule has 1 amide bonds. The Bertz CT molecular complexity index is 1120. The molecule has 0 unspecified atom stereocenters. The van der Waals surface area contributed by atoms with Gasteiger partial charge in [-0.15, -0.1) is 11.8 Å². The molecular weight excluding hydrogens is 458 g/mol. The van der Waals surface area contributed by atoms with Crippen molar-refractivity contribution in [3.63, 3.8) is 0 Å². The number of aliphatic carboxylic acids is 1. The summed E-state index contributed by atoms with van der Waals surface area (Å²) in [4.78, 5) is 26.4. The second-order valence-electron chi connectivity index (χ2n) is 8.00. The van der Waals surface area contributed by atoms with E-state index in [9.17, 15) is 14.7 Å². The van der Waals surface area contributed by atoms with Crippen LogP contribution in [0.1, 0.15) is 42.7 Å².